The van der Waals surface area contributed by atoms with Gasteiger partial charge in [0, 0.05) is 24.1 Å². The summed E-state index contributed by atoms with van der Waals surface area (Å²) in [5.74, 6) is -1.95. The van der Waals surface area contributed by atoms with E-state index in [0.717, 1.165) is 54.2 Å². The van der Waals surface area contributed by atoms with Crippen molar-refractivity contribution < 1.29 is 29.0 Å². The minimum Gasteiger partial charge on any atom is -0.480 e. The van der Waals surface area contributed by atoms with E-state index in [-0.39, 0.29) is 6.42 Å². The van der Waals surface area contributed by atoms with Gasteiger partial charge < -0.3 is 24.5 Å². The number of fused-ring (bicyclic) bond motifs is 1. The highest BCUT2D eigenvalue weighted by atomic mass is 16.4. The van der Waals surface area contributed by atoms with Crippen LogP contribution in [0.2, 0.25) is 0 Å². The normalized spacial score (nSPS) is 14.9. The van der Waals surface area contributed by atoms with Gasteiger partial charge in [-0.3, -0.25) is 4.79 Å². The molecule has 1 aliphatic carbocycles. The van der Waals surface area contributed by atoms with Gasteiger partial charge in [-0.2, -0.15) is 0 Å². The Labute approximate surface area is 231 Å². The lowest BCUT2D eigenvalue weighted by atomic mass is 9.95. The molecule has 0 saturated heterocycles. The molecule has 2 aromatic carbocycles. The Morgan fingerprint density at radius 1 is 1.10 bits per heavy atom. The highest BCUT2D eigenvalue weighted by Gasteiger charge is 2.25. The van der Waals surface area contributed by atoms with Crippen molar-refractivity contribution in [2.75, 3.05) is 0 Å². The Morgan fingerprint density at radius 3 is 2.60 bits per heavy atom. The van der Waals surface area contributed by atoms with Crippen molar-refractivity contribution in [3.8, 4) is 11.4 Å². The van der Waals surface area contributed by atoms with Crippen molar-refractivity contribution in [3.05, 3.63) is 83.3 Å². The zero-order chi connectivity index (χ0) is 28.2. The topological polar surface area (TPSA) is 135 Å². The summed E-state index contributed by atoms with van der Waals surface area (Å²) in [6.45, 7) is 1.84. The average Bonchev–Trinajstić information content (AvgIpc) is 3.61. The summed E-state index contributed by atoms with van der Waals surface area (Å²) in [5, 5.41) is 21.4. The molecule has 0 spiro atoms. The number of aliphatic carboxylic acids is 2. The van der Waals surface area contributed by atoms with Crippen LogP contribution in [0.4, 0.5) is 0 Å². The molecule has 0 bridgehead atoms. The van der Waals surface area contributed by atoms with Crippen LogP contribution < -0.4 is 5.32 Å². The van der Waals surface area contributed by atoms with Gasteiger partial charge in [-0.15, -0.1) is 0 Å². The molecule has 1 atom stereocenters. The molecule has 206 valence electrons. The standard InChI is InChI=1S/C31H31N3O6/c1-19-7-8-20(15-21(19)10-12-28(35)36)16-26(31(38)39)33-30(37)22-9-11-27-25(17-22)32-29(23-13-14-40-18-23)34(27)24-5-3-2-4-6-24/h7-15,17-18,24,26H,2-6,16H2,1H3,(H,33,37)(H,35,36)(H,38,39)/b12-10+/t26-/m0/s1. The lowest BCUT2D eigenvalue weighted by Gasteiger charge is -2.25. The zero-order valence-corrected chi connectivity index (χ0v) is 22.2. The summed E-state index contributed by atoms with van der Waals surface area (Å²) in [7, 11) is 0. The number of carboxylic acid groups (broad SMARTS) is 2. The third kappa shape index (κ3) is 5.83. The molecule has 40 heavy (non-hydrogen) atoms. The second-order valence-electron chi connectivity index (χ2n) is 10.2. The molecule has 9 nitrogen and oxygen atoms in total. The molecule has 0 radical (unpaired) electrons. The van der Waals surface area contributed by atoms with Crippen LogP contribution in [-0.4, -0.2) is 43.7 Å². The van der Waals surface area contributed by atoms with Crippen LogP contribution in [0.25, 0.3) is 28.5 Å². The van der Waals surface area contributed by atoms with Crippen LogP contribution in [0.15, 0.2) is 65.5 Å². The second kappa shape index (κ2) is 11.6. The van der Waals surface area contributed by atoms with E-state index in [1.807, 2.05) is 19.1 Å². The number of hydrogen-bond acceptors (Lipinski definition) is 5. The lowest BCUT2D eigenvalue weighted by Crippen LogP contribution is -2.42. The number of aromatic nitrogens is 2. The number of carbonyl (C=O) groups excluding carboxylic acids is 1. The monoisotopic (exact) mass is 541 g/mol. The maximum atomic E-state index is 13.2. The van der Waals surface area contributed by atoms with Crippen LogP contribution in [-0.2, 0) is 16.0 Å². The summed E-state index contributed by atoms with van der Waals surface area (Å²) >= 11 is 0. The molecular formula is C31H31N3O6. The van der Waals surface area contributed by atoms with E-state index >= 15 is 0 Å². The maximum absolute atomic E-state index is 13.2. The molecule has 3 N–H and O–H groups in total. The lowest BCUT2D eigenvalue weighted by molar-refractivity contribution is -0.139. The smallest absolute Gasteiger partial charge is 0.328 e. The fourth-order valence-electron chi connectivity index (χ4n) is 5.38. The predicted molar refractivity (Wildman–Crippen MR) is 150 cm³/mol. The number of amides is 1. The molecule has 1 amide bonds. The summed E-state index contributed by atoms with van der Waals surface area (Å²) in [6, 6.07) is 11.6. The van der Waals surface area contributed by atoms with Gasteiger partial charge in [-0.1, -0.05) is 37.5 Å². The van der Waals surface area contributed by atoms with Gasteiger partial charge in [0.25, 0.3) is 5.91 Å². The number of rotatable bonds is 9. The summed E-state index contributed by atoms with van der Waals surface area (Å²) in [6.07, 6.45) is 11.5. The SMILES string of the molecule is Cc1ccc(C[C@H](NC(=O)c2ccc3c(c2)nc(-c2ccoc2)n3C2CCCCC2)C(=O)O)cc1/C=C/C(=O)O. The van der Waals surface area contributed by atoms with Crippen LogP contribution in [0.3, 0.4) is 0 Å². The minimum absolute atomic E-state index is 0.0401. The predicted octanol–water partition coefficient (Wildman–Crippen LogP) is 5.63. The summed E-state index contributed by atoms with van der Waals surface area (Å²) < 4.78 is 7.56. The number of benzene rings is 2. The number of imidazole rings is 1. The molecule has 0 unspecified atom stereocenters. The highest BCUT2D eigenvalue weighted by Crippen LogP contribution is 2.36. The molecule has 2 heterocycles. The maximum Gasteiger partial charge on any atom is 0.328 e. The number of nitrogens with zero attached hydrogens (tertiary/aromatic N) is 2. The fraction of sp³-hybridized carbons (Fsp3) is 0.290. The van der Waals surface area contributed by atoms with E-state index in [1.165, 1.54) is 12.5 Å². The third-order valence-corrected chi connectivity index (χ3v) is 7.46. The van der Waals surface area contributed by atoms with Crippen molar-refractivity contribution >= 4 is 35.0 Å². The minimum atomic E-state index is -1.18. The zero-order valence-electron chi connectivity index (χ0n) is 22.2. The Morgan fingerprint density at radius 2 is 1.90 bits per heavy atom. The van der Waals surface area contributed by atoms with Crippen molar-refractivity contribution in [1.82, 2.24) is 14.9 Å². The first kappa shape index (κ1) is 26.9. The van der Waals surface area contributed by atoms with Gasteiger partial charge in [0.05, 0.1) is 22.9 Å². The molecule has 4 aromatic rings. The van der Waals surface area contributed by atoms with Gasteiger partial charge >= 0.3 is 11.9 Å². The highest BCUT2D eigenvalue weighted by molar-refractivity contribution is 5.99. The van der Waals surface area contributed by atoms with Gasteiger partial charge in [0.15, 0.2) is 0 Å². The molecule has 1 saturated carbocycles. The molecular weight excluding hydrogens is 510 g/mol. The van der Waals surface area contributed by atoms with Gasteiger partial charge in [0.2, 0.25) is 0 Å². The number of hydrogen-bond donors (Lipinski definition) is 3. The van der Waals surface area contributed by atoms with Gasteiger partial charge in [-0.05, 0) is 66.8 Å². The molecule has 1 fully saturated rings. The molecule has 0 aliphatic heterocycles. The fourth-order valence-corrected chi connectivity index (χ4v) is 5.38. The Bertz CT molecular complexity index is 1580. The van der Waals surface area contributed by atoms with Crippen molar-refractivity contribution in [1.29, 1.82) is 0 Å². The quantitative estimate of drug-likeness (QED) is 0.234. The van der Waals surface area contributed by atoms with Crippen molar-refractivity contribution in [2.24, 2.45) is 0 Å². The number of carboxylic acids is 2. The Hall–Kier alpha value is -4.66. The summed E-state index contributed by atoms with van der Waals surface area (Å²) in [4.78, 5) is 41.1. The summed E-state index contributed by atoms with van der Waals surface area (Å²) in [5.41, 5.74) is 4.96. The number of aryl methyl sites for hydroxylation is 1. The molecule has 1 aliphatic rings. The number of nitrogens with one attached hydrogen (secondary N) is 1. The van der Waals surface area contributed by atoms with E-state index in [0.29, 0.717) is 28.2 Å². The van der Waals surface area contributed by atoms with E-state index in [2.05, 4.69) is 9.88 Å². The van der Waals surface area contributed by atoms with E-state index in [1.54, 1.807) is 42.9 Å². The van der Waals surface area contributed by atoms with E-state index in [4.69, 9.17) is 14.5 Å². The van der Waals surface area contributed by atoms with Gasteiger partial charge in [-0.25, -0.2) is 14.6 Å². The van der Waals surface area contributed by atoms with Crippen molar-refractivity contribution in [2.45, 2.75) is 57.5 Å². The number of carbonyl (C=O) groups is 3. The Kier molecular flexibility index (Phi) is 7.82. The van der Waals surface area contributed by atoms with Crippen LogP contribution in [0.1, 0.15) is 65.2 Å². The first-order chi connectivity index (χ1) is 19.3. The number of furan rings is 1. The van der Waals surface area contributed by atoms with Crippen LogP contribution >= 0.6 is 0 Å². The molecule has 2 aromatic heterocycles. The van der Waals surface area contributed by atoms with Crippen LogP contribution in [0.5, 0.6) is 0 Å². The Balaban J connectivity index is 1.40. The first-order valence-electron chi connectivity index (χ1n) is 13.4. The molecule has 5 rings (SSSR count). The first-order valence-corrected chi connectivity index (χ1v) is 13.4. The largest absolute Gasteiger partial charge is 0.480 e. The average molecular weight is 542 g/mol. The van der Waals surface area contributed by atoms with Crippen molar-refractivity contribution in [3.63, 3.8) is 0 Å². The second-order valence-corrected chi connectivity index (χ2v) is 10.2. The molecule has 9 heteroatoms. The van der Waals surface area contributed by atoms with E-state index in [9.17, 15) is 19.5 Å². The van der Waals surface area contributed by atoms with E-state index < -0.39 is 23.9 Å². The third-order valence-electron chi connectivity index (χ3n) is 7.46. The van der Waals surface area contributed by atoms with Gasteiger partial charge in [0.1, 0.15) is 18.1 Å². The van der Waals surface area contributed by atoms with Crippen LogP contribution in [0, 0.1) is 6.92 Å².